The lowest BCUT2D eigenvalue weighted by molar-refractivity contribution is -0.696. The summed E-state index contributed by atoms with van der Waals surface area (Å²) in [4.78, 5) is 10.5. The van der Waals surface area contributed by atoms with E-state index >= 15 is 0 Å². The number of rotatable bonds is 14. The van der Waals surface area contributed by atoms with Crippen LogP contribution in [0.25, 0.3) is 0 Å². The summed E-state index contributed by atoms with van der Waals surface area (Å²) in [5.41, 5.74) is 0. The van der Waals surface area contributed by atoms with Crippen molar-refractivity contribution in [3.63, 3.8) is 0 Å². The molecule has 1 rings (SSSR count). The van der Waals surface area contributed by atoms with Crippen molar-refractivity contribution in [1.29, 1.82) is 0 Å². The smallest absolute Gasteiger partial charge is 0.307 e. The van der Waals surface area contributed by atoms with E-state index in [9.17, 15) is 4.79 Å². The van der Waals surface area contributed by atoms with E-state index in [-0.39, 0.29) is 23.4 Å². The molecule has 4 nitrogen and oxygen atoms in total. The molecule has 0 saturated carbocycles. The maximum atomic E-state index is 10.5. The Balaban J connectivity index is 0.00000484. The number of hydrogen-bond acceptors (Lipinski definition) is 1. The number of aliphatic carboxylic acids is 1. The molecule has 0 aliphatic heterocycles. The normalized spacial score (nSPS) is 10.5. The molecule has 134 valence electrons. The minimum absolute atomic E-state index is 0. The molecule has 0 amide bonds. The van der Waals surface area contributed by atoms with Gasteiger partial charge in [0.15, 0.2) is 0 Å². The summed E-state index contributed by atoms with van der Waals surface area (Å²) >= 11 is 0. The highest BCUT2D eigenvalue weighted by Gasteiger charge is 2.05. The Morgan fingerprint density at radius 2 is 1.57 bits per heavy atom. The largest absolute Gasteiger partial charge is 1.00 e. The standard InChI is InChI=1S/C18H32N2O2.BrH/c1-2-3-4-5-6-7-8-9-10-11-13-19-15-16-20(17-19)14-12-18(21)22;/h15-17H,2-14H2,1H3;1H. The third kappa shape index (κ3) is 12.3. The summed E-state index contributed by atoms with van der Waals surface area (Å²) in [5, 5.41) is 8.67. The van der Waals surface area contributed by atoms with Crippen LogP contribution in [-0.2, 0) is 17.9 Å². The van der Waals surface area contributed by atoms with E-state index < -0.39 is 5.97 Å². The summed E-state index contributed by atoms with van der Waals surface area (Å²) < 4.78 is 4.11. The van der Waals surface area contributed by atoms with Gasteiger partial charge in [0.25, 0.3) is 0 Å². The van der Waals surface area contributed by atoms with E-state index in [1.807, 2.05) is 23.3 Å². The van der Waals surface area contributed by atoms with Crippen LogP contribution in [0.3, 0.4) is 0 Å². The number of nitrogens with zero attached hydrogens (tertiary/aromatic N) is 2. The molecule has 0 fully saturated rings. The first kappa shape index (κ1) is 22.2. The Hall–Kier alpha value is -0.840. The number of unbranched alkanes of at least 4 members (excludes halogenated alkanes) is 9. The average molecular weight is 389 g/mol. The molecule has 0 unspecified atom stereocenters. The van der Waals surface area contributed by atoms with Gasteiger partial charge in [-0.3, -0.25) is 4.79 Å². The Bertz CT molecular complexity index is 407. The molecule has 0 radical (unpaired) electrons. The van der Waals surface area contributed by atoms with Gasteiger partial charge in [0.1, 0.15) is 18.9 Å². The number of carboxylic acids is 1. The predicted molar refractivity (Wildman–Crippen MR) is 88.7 cm³/mol. The molecule has 0 aliphatic rings. The molecule has 1 aromatic heterocycles. The molecule has 0 saturated heterocycles. The Morgan fingerprint density at radius 3 is 2.13 bits per heavy atom. The van der Waals surface area contributed by atoms with Gasteiger partial charge in [-0.2, -0.15) is 0 Å². The first-order valence-corrected chi connectivity index (χ1v) is 8.99. The van der Waals surface area contributed by atoms with Crippen LogP contribution in [0.1, 0.15) is 77.6 Å². The van der Waals surface area contributed by atoms with Crippen molar-refractivity contribution in [2.24, 2.45) is 0 Å². The van der Waals surface area contributed by atoms with Gasteiger partial charge in [-0.1, -0.05) is 58.3 Å². The van der Waals surface area contributed by atoms with E-state index in [0.29, 0.717) is 6.54 Å². The molecular formula is C18H33BrN2O2. The van der Waals surface area contributed by atoms with E-state index in [2.05, 4.69) is 11.5 Å². The van der Waals surface area contributed by atoms with Crippen molar-refractivity contribution in [2.45, 2.75) is 90.6 Å². The minimum atomic E-state index is -0.741. The van der Waals surface area contributed by atoms with Crippen LogP contribution in [-0.4, -0.2) is 15.6 Å². The fraction of sp³-hybridized carbons (Fsp3) is 0.778. The Morgan fingerprint density at radius 1 is 1.00 bits per heavy atom. The fourth-order valence-electron chi connectivity index (χ4n) is 2.71. The van der Waals surface area contributed by atoms with Gasteiger partial charge in [-0.15, -0.1) is 0 Å². The highest BCUT2D eigenvalue weighted by Crippen LogP contribution is 2.10. The lowest BCUT2D eigenvalue weighted by Crippen LogP contribution is -3.00. The summed E-state index contributed by atoms with van der Waals surface area (Å²) in [6.07, 6.45) is 19.7. The number of hydrogen-bond donors (Lipinski definition) is 1. The van der Waals surface area contributed by atoms with Crippen LogP contribution in [0.4, 0.5) is 0 Å². The lowest BCUT2D eigenvalue weighted by Gasteiger charge is -2.01. The van der Waals surface area contributed by atoms with E-state index in [1.165, 1.54) is 64.2 Å². The van der Waals surface area contributed by atoms with Gasteiger partial charge in [0, 0.05) is 0 Å². The van der Waals surface area contributed by atoms with Crippen LogP contribution < -0.4 is 21.5 Å². The number of halogens is 1. The molecule has 0 bridgehead atoms. The number of aromatic nitrogens is 2. The van der Waals surface area contributed by atoms with Crippen molar-refractivity contribution in [3.05, 3.63) is 18.7 Å². The van der Waals surface area contributed by atoms with Gasteiger partial charge in [-0.25, -0.2) is 9.13 Å². The van der Waals surface area contributed by atoms with E-state index in [1.54, 1.807) is 0 Å². The van der Waals surface area contributed by atoms with Crippen LogP contribution in [0.5, 0.6) is 0 Å². The molecule has 1 N–H and O–H groups in total. The molecule has 5 heteroatoms. The van der Waals surface area contributed by atoms with Crippen molar-refractivity contribution >= 4 is 5.97 Å². The monoisotopic (exact) mass is 388 g/mol. The Labute approximate surface area is 151 Å². The van der Waals surface area contributed by atoms with Crippen LogP contribution in [0, 0.1) is 0 Å². The molecule has 0 spiro atoms. The third-order valence-corrected chi connectivity index (χ3v) is 4.10. The summed E-state index contributed by atoms with van der Waals surface area (Å²) in [6, 6.07) is 0. The summed E-state index contributed by atoms with van der Waals surface area (Å²) in [7, 11) is 0. The number of aryl methyl sites for hydroxylation is 2. The first-order valence-electron chi connectivity index (χ1n) is 8.99. The number of carboxylic acid groups (broad SMARTS) is 1. The second-order valence-corrected chi connectivity index (χ2v) is 6.21. The van der Waals surface area contributed by atoms with Gasteiger partial charge in [0.05, 0.1) is 13.0 Å². The summed E-state index contributed by atoms with van der Waals surface area (Å²) in [5.74, 6) is -0.741. The maximum absolute atomic E-state index is 10.5. The van der Waals surface area contributed by atoms with Crippen LogP contribution >= 0.6 is 0 Å². The second-order valence-electron chi connectivity index (χ2n) is 6.21. The molecule has 1 heterocycles. The number of carbonyl (C=O) groups is 1. The van der Waals surface area contributed by atoms with E-state index in [0.717, 1.165) is 6.54 Å². The molecule has 23 heavy (non-hydrogen) atoms. The quantitative estimate of drug-likeness (QED) is 0.384. The Kier molecular flexibility index (Phi) is 14.2. The topological polar surface area (TPSA) is 46.1 Å². The molecule has 0 atom stereocenters. The highest BCUT2D eigenvalue weighted by molar-refractivity contribution is 5.66. The molecular weight excluding hydrogens is 356 g/mol. The van der Waals surface area contributed by atoms with Gasteiger partial charge < -0.3 is 22.1 Å². The first-order chi connectivity index (χ1) is 10.7. The van der Waals surface area contributed by atoms with E-state index in [4.69, 9.17) is 5.11 Å². The lowest BCUT2D eigenvalue weighted by atomic mass is 10.1. The van der Waals surface area contributed by atoms with Gasteiger partial charge in [0.2, 0.25) is 6.33 Å². The van der Waals surface area contributed by atoms with Crippen LogP contribution in [0.15, 0.2) is 18.7 Å². The number of imidazole rings is 1. The third-order valence-electron chi connectivity index (χ3n) is 4.10. The molecule has 1 aromatic rings. The minimum Gasteiger partial charge on any atom is -1.00 e. The highest BCUT2D eigenvalue weighted by atomic mass is 79.9. The zero-order chi connectivity index (χ0) is 16.0. The van der Waals surface area contributed by atoms with Crippen molar-refractivity contribution < 1.29 is 31.4 Å². The summed E-state index contributed by atoms with van der Waals surface area (Å²) in [6.45, 7) is 3.86. The second kappa shape index (κ2) is 14.7. The van der Waals surface area contributed by atoms with Crippen LogP contribution in [0.2, 0.25) is 0 Å². The van der Waals surface area contributed by atoms with Gasteiger partial charge in [-0.05, 0) is 12.8 Å². The van der Waals surface area contributed by atoms with Crippen molar-refractivity contribution in [1.82, 2.24) is 4.57 Å². The zero-order valence-electron chi connectivity index (χ0n) is 14.6. The average Bonchev–Trinajstić information content (AvgIpc) is 2.95. The predicted octanol–water partition coefficient (Wildman–Crippen LogP) is 1.18. The molecule has 0 aromatic carbocycles. The zero-order valence-corrected chi connectivity index (χ0v) is 16.1. The fourth-order valence-corrected chi connectivity index (χ4v) is 2.71. The maximum Gasteiger partial charge on any atom is 0.307 e. The molecule has 0 aliphatic carbocycles. The SMILES string of the molecule is CCCCCCCCCCCC[n+]1ccn(CCC(=O)O)c1.[Br-]. The van der Waals surface area contributed by atoms with Gasteiger partial charge >= 0.3 is 5.97 Å². The van der Waals surface area contributed by atoms with Crippen molar-refractivity contribution in [3.8, 4) is 0 Å². The van der Waals surface area contributed by atoms with Crippen molar-refractivity contribution in [2.75, 3.05) is 0 Å².